The third-order valence-electron chi connectivity index (χ3n) is 3.38. The average Bonchev–Trinajstić information content (AvgIpc) is 2.63. The van der Waals surface area contributed by atoms with E-state index in [1.807, 2.05) is 0 Å². The second-order valence-electron chi connectivity index (χ2n) is 5.12. The van der Waals surface area contributed by atoms with Gasteiger partial charge in [-0.25, -0.2) is 9.37 Å². The van der Waals surface area contributed by atoms with Crippen molar-refractivity contribution in [3.63, 3.8) is 0 Å². The van der Waals surface area contributed by atoms with Crippen LogP contribution in [0.1, 0.15) is 15.9 Å². The number of nitrogens with zero attached hydrogens (tertiary/aromatic N) is 1. The van der Waals surface area contributed by atoms with E-state index in [2.05, 4.69) is 15.3 Å². The highest BCUT2D eigenvalue weighted by molar-refractivity contribution is 5.93. The fraction of sp³-hybridized carbons (Fsp3) is 0.0556. The number of halogens is 1. The first-order valence-corrected chi connectivity index (χ1v) is 7.47. The molecule has 0 aliphatic heterocycles. The molecule has 7 heteroatoms. The summed E-state index contributed by atoms with van der Waals surface area (Å²) in [4.78, 5) is 29.6. The van der Waals surface area contributed by atoms with E-state index >= 15 is 0 Å². The van der Waals surface area contributed by atoms with Gasteiger partial charge in [-0.2, -0.15) is 0 Å². The van der Waals surface area contributed by atoms with Gasteiger partial charge >= 0.3 is 0 Å². The first kappa shape index (κ1) is 16.4. The van der Waals surface area contributed by atoms with E-state index in [9.17, 15) is 14.0 Å². The molecule has 1 amide bonds. The molecule has 1 aromatic carbocycles. The van der Waals surface area contributed by atoms with Crippen LogP contribution in [0.2, 0.25) is 0 Å². The summed E-state index contributed by atoms with van der Waals surface area (Å²) in [5, 5.41) is 2.70. The van der Waals surface area contributed by atoms with Crippen LogP contribution in [-0.4, -0.2) is 15.9 Å². The Bertz CT molecular complexity index is 936. The molecule has 0 bridgehead atoms. The Hall–Kier alpha value is -3.48. The third-order valence-corrected chi connectivity index (χ3v) is 3.38. The van der Waals surface area contributed by atoms with Crippen molar-refractivity contribution in [3.05, 3.63) is 88.2 Å². The standard InChI is InChI=1S/C18H14FN3O3/c19-14-5-1-2-6-15(14)25-18-13(4-3-9-20-18)11-22-17(24)12-7-8-16(23)21-10-12/h1-10H,11H2,(H,21,23)(H,22,24). The van der Waals surface area contributed by atoms with E-state index in [4.69, 9.17) is 4.74 Å². The molecule has 25 heavy (non-hydrogen) atoms. The van der Waals surface area contributed by atoms with E-state index in [1.165, 1.54) is 36.7 Å². The summed E-state index contributed by atoms with van der Waals surface area (Å²) >= 11 is 0. The SMILES string of the molecule is O=C(NCc1cccnc1Oc1ccccc1F)c1ccc(=O)[nH]c1. The number of rotatable bonds is 5. The van der Waals surface area contributed by atoms with Crippen LogP contribution in [0.5, 0.6) is 11.6 Å². The highest BCUT2D eigenvalue weighted by Gasteiger charge is 2.11. The summed E-state index contributed by atoms with van der Waals surface area (Å²) in [5.74, 6) is -0.614. The highest BCUT2D eigenvalue weighted by atomic mass is 19.1. The van der Waals surface area contributed by atoms with Crippen molar-refractivity contribution in [3.8, 4) is 11.6 Å². The number of aromatic nitrogens is 2. The molecule has 0 aliphatic carbocycles. The second-order valence-corrected chi connectivity index (χ2v) is 5.12. The molecule has 2 heterocycles. The monoisotopic (exact) mass is 339 g/mol. The van der Waals surface area contributed by atoms with Crippen LogP contribution in [0.4, 0.5) is 4.39 Å². The Balaban J connectivity index is 1.73. The van der Waals surface area contributed by atoms with Crippen LogP contribution in [0.15, 0.2) is 65.7 Å². The molecule has 0 saturated heterocycles. The van der Waals surface area contributed by atoms with Crippen LogP contribution < -0.4 is 15.6 Å². The Morgan fingerprint density at radius 3 is 2.76 bits per heavy atom. The predicted molar refractivity (Wildman–Crippen MR) is 88.9 cm³/mol. The molecule has 0 fully saturated rings. The highest BCUT2D eigenvalue weighted by Crippen LogP contribution is 2.25. The topological polar surface area (TPSA) is 84.1 Å². The number of hydrogen-bond acceptors (Lipinski definition) is 4. The van der Waals surface area contributed by atoms with Crippen molar-refractivity contribution in [2.24, 2.45) is 0 Å². The van der Waals surface area contributed by atoms with Crippen molar-refractivity contribution in [2.45, 2.75) is 6.54 Å². The van der Waals surface area contributed by atoms with E-state index in [0.717, 1.165) is 0 Å². The van der Waals surface area contributed by atoms with Gasteiger partial charge in [0.1, 0.15) is 0 Å². The lowest BCUT2D eigenvalue weighted by Gasteiger charge is -2.11. The molecule has 0 atom stereocenters. The largest absolute Gasteiger partial charge is 0.436 e. The van der Waals surface area contributed by atoms with Crippen molar-refractivity contribution in [2.75, 3.05) is 0 Å². The fourth-order valence-electron chi connectivity index (χ4n) is 2.11. The molecular formula is C18H14FN3O3. The van der Waals surface area contributed by atoms with Crippen molar-refractivity contribution >= 4 is 5.91 Å². The van der Waals surface area contributed by atoms with Gasteiger partial charge in [0, 0.05) is 30.6 Å². The summed E-state index contributed by atoms with van der Waals surface area (Å²) in [6, 6.07) is 12.1. The number of pyridine rings is 2. The van der Waals surface area contributed by atoms with Gasteiger partial charge in [-0.05, 0) is 24.3 Å². The average molecular weight is 339 g/mol. The maximum Gasteiger partial charge on any atom is 0.253 e. The molecular weight excluding hydrogens is 325 g/mol. The number of nitrogens with one attached hydrogen (secondary N) is 2. The molecule has 0 unspecified atom stereocenters. The molecule has 2 N–H and O–H groups in total. The number of ether oxygens (including phenoxy) is 1. The van der Waals surface area contributed by atoms with Crippen molar-refractivity contribution in [1.82, 2.24) is 15.3 Å². The maximum atomic E-state index is 13.7. The van der Waals surface area contributed by atoms with E-state index in [0.29, 0.717) is 11.1 Å². The van der Waals surface area contributed by atoms with Gasteiger partial charge in [0.15, 0.2) is 11.6 Å². The minimum absolute atomic E-state index is 0.0504. The number of carbonyl (C=O) groups is 1. The maximum absolute atomic E-state index is 13.7. The summed E-state index contributed by atoms with van der Waals surface area (Å²) in [5.41, 5.74) is 0.618. The van der Waals surface area contributed by atoms with Gasteiger partial charge < -0.3 is 15.0 Å². The van der Waals surface area contributed by atoms with Crippen LogP contribution >= 0.6 is 0 Å². The van der Waals surface area contributed by atoms with Crippen LogP contribution in [0.3, 0.4) is 0 Å². The molecule has 126 valence electrons. The Morgan fingerprint density at radius 2 is 2.00 bits per heavy atom. The normalized spacial score (nSPS) is 10.3. The van der Waals surface area contributed by atoms with Gasteiger partial charge in [-0.1, -0.05) is 18.2 Å². The molecule has 6 nitrogen and oxygen atoms in total. The number of benzene rings is 1. The molecule has 0 radical (unpaired) electrons. The Labute approximate surface area is 142 Å². The van der Waals surface area contributed by atoms with E-state index < -0.39 is 5.82 Å². The lowest BCUT2D eigenvalue weighted by Crippen LogP contribution is -2.24. The van der Waals surface area contributed by atoms with Crippen molar-refractivity contribution < 1.29 is 13.9 Å². The van der Waals surface area contributed by atoms with E-state index in [1.54, 1.807) is 24.3 Å². The minimum Gasteiger partial charge on any atom is -0.436 e. The van der Waals surface area contributed by atoms with Crippen LogP contribution in [-0.2, 0) is 6.54 Å². The number of hydrogen-bond donors (Lipinski definition) is 2. The number of aromatic amines is 1. The number of carbonyl (C=O) groups excluding carboxylic acids is 1. The summed E-state index contributed by atoms with van der Waals surface area (Å²) in [7, 11) is 0. The quantitative estimate of drug-likeness (QED) is 0.748. The van der Waals surface area contributed by atoms with Crippen LogP contribution in [0, 0.1) is 5.82 Å². The number of H-pyrrole nitrogens is 1. The lowest BCUT2D eigenvalue weighted by atomic mass is 10.2. The lowest BCUT2D eigenvalue weighted by molar-refractivity contribution is 0.0950. The zero-order valence-corrected chi connectivity index (χ0v) is 13.0. The van der Waals surface area contributed by atoms with Crippen molar-refractivity contribution in [1.29, 1.82) is 0 Å². The summed E-state index contributed by atoms with van der Waals surface area (Å²) in [6.07, 6.45) is 2.85. The Kier molecular flexibility index (Phi) is 4.84. The molecule has 0 saturated carbocycles. The fourth-order valence-corrected chi connectivity index (χ4v) is 2.11. The number of amides is 1. The van der Waals surface area contributed by atoms with E-state index in [-0.39, 0.29) is 29.6 Å². The zero-order chi connectivity index (χ0) is 17.6. The predicted octanol–water partition coefficient (Wildman–Crippen LogP) is 2.63. The molecule has 0 spiro atoms. The number of para-hydroxylation sites is 1. The van der Waals surface area contributed by atoms with Gasteiger partial charge in [-0.15, -0.1) is 0 Å². The Morgan fingerprint density at radius 1 is 1.16 bits per heavy atom. The summed E-state index contributed by atoms with van der Waals surface area (Å²) in [6.45, 7) is 0.135. The molecule has 3 aromatic rings. The van der Waals surface area contributed by atoms with Gasteiger partial charge in [0.05, 0.1) is 5.56 Å². The van der Waals surface area contributed by atoms with Gasteiger partial charge in [0.25, 0.3) is 5.91 Å². The van der Waals surface area contributed by atoms with Gasteiger partial charge in [0.2, 0.25) is 11.4 Å². The summed E-state index contributed by atoms with van der Waals surface area (Å²) < 4.78 is 19.2. The third kappa shape index (κ3) is 4.08. The first-order valence-electron chi connectivity index (χ1n) is 7.47. The smallest absolute Gasteiger partial charge is 0.253 e. The second kappa shape index (κ2) is 7.39. The molecule has 3 rings (SSSR count). The minimum atomic E-state index is -0.503. The van der Waals surface area contributed by atoms with Gasteiger partial charge in [-0.3, -0.25) is 9.59 Å². The molecule has 2 aromatic heterocycles. The van der Waals surface area contributed by atoms with Crippen LogP contribution in [0.25, 0.3) is 0 Å². The zero-order valence-electron chi connectivity index (χ0n) is 13.0. The molecule has 0 aliphatic rings. The first-order chi connectivity index (χ1) is 12.1.